The number of carboxylic acid groups (broad SMARTS) is 1. The standard InChI is InChI=1S/C19H34N2O3/c1-19(2,3)18(24)21-12-8-15(13-17(22)23)16(14-21)7-11-20-9-5-4-6-10-20/h15-16H,4-14H2,1-3H3,(H,22,23)/t15-,16-/m0/s1. The van der Waals surface area contributed by atoms with Crippen molar-refractivity contribution in [3.8, 4) is 0 Å². The maximum Gasteiger partial charge on any atom is 0.227 e. The molecule has 1 amide bonds. The number of aliphatic carboxylic acids is 1. The minimum Gasteiger partial charge on any atom is -0.550 e. The molecule has 5 heteroatoms. The van der Waals surface area contributed by atoms with Crippen LogP contribution in [0.5, 0.6) is 0 Å². The van der Waals surface area contributed by atoms with Crippen molar-refractivity contribution in [3.05, 3.63) is 0 Å². The summed E-state index contributed by atoms with van der Waals surface area (Å²) in [5.41, 5.74) is -0.371. The molecule has 0 spiro atoms. The van der Waals surface area contributed by atoms with Gasteiger partial charge in [-0.1, -0.05) is 20.8 Å². The topological polar surface area (TPSA) is 64.9 Å². The zero-order valence-electron chi connectivity index (χ0n) is 15.6. The molecule has 0 aromatic rings. The fourth-order valence-electron chi connectivity index (χ4n) is 4.24. The number of carboxylic acids is 1. The normalized spacial score (nSPS) is 26.4. The van der Waals surface area contributed by atoms with Gasteiger partial charge in [0.25, 0.3) is 0 Å². The molecule has 24 heavy (non-hydrogen) atoms. The molecule has 5 nitrogen and oxygen atoms in total. The Labute approximate surface area is 146 Å². The Balaban J connectivity index is 1.96. The molecule has 1 N–H and O–H groups in total. The van der Waals surface area contributed by atoms with Crippen LogP contribution in [0.4, 0.5) is 0 Å². The van der Waals surface area contributed by atoms with Crippen molar-refractivity contribution in [2.75, 3.05) is 32.7 Å². The first-order valence-corrected chi connectivity index (χ1v) is 9.60. The lowest BCUT2D eigenvalue weighted by Gasteiger charge is -2.41. The van der Waals surface area contributed by atoms with Crippen molar-refractivity contribution in [3.63, 3.8) is 0 Å². The highest BCUT2D eigenvalue weighted by Gasteiger charge is 2.35. The summed E-state index contributed by atoms with van der Waals surface area (Å²) in [5.74, 6) is -0.323. The SMILES string of the molecule is CC(C)(C)C(=O)N1CC[C@@H](CC(=O)[O-])[C@@H](CC[NH+]2CCCCC2)C1. The van der Waals surface area contributed by atoms with Crippen molar-refractivity contribution in [1.29, 1.82) is 0 Å². The Hall–Kier alpha value is -1.10. The number of nitrogens with zero attached hydrogens (tertiary/aromatic N) is 1. The van der Waals surface area contributed by atoms with Gasteiger partial charge < -0.3 is 19.7 Å². The summed E-state index contributed by atoms with van der Waals surface area (Å²) in [5, 5.41) is 11.1. The van der Waals surface area contributed by atoms with Crippen LogP contribution in [0.2, 0.25) is 0 Å². The van der Waals surface area contributed by atoms with E-state index >= 15 is 0 Å². The van der Waals surface area contributed by atoms with Gasteiger partial charge in [0.2, 0.25) is 5.91 Å². The molecular weight excluding hydrogens is 304 g/mol. The summed E-state index contributed by atoms with van der Waals surface area (Å²) in [6.45, 7) is 10.8. The van der Waals surface area contributed by atoms with E-state index in [1.165, 1.54) is 32.4 Å². The van der Waals surface area contributed by atoms with Gasteiger partial charge in [0.15, 0.2) is 0 Å². The molecular formula is C19H34N2O3. The van der Waals surface area contributed by atoms with E-state index in [9.17, 15) is 14.7 Å². The number of rotatable bonds is 5. The van der Waals surface area contributed by atoms with Gasteiger partial charge in [-0.15, -0.1) is 0 Å². The van der Waals surface area contributed by atoms with E-state index in [1.54, 1.807) is 4.90 Å². The van der Waals surface area contributed by atoms with Gasteiger partial charge in [-0.3, -0.25) is 4.79 Å². The predicted octanol–water partition coefficient (Wildman–Crippen LogP) is 0.0961. The number of amides is 1. The largest absolute Gasteiger partial charge is 0.550 e. The van der Waals surface area contributed by atoms with E-state index in [1.807, 2.05) is 25.7 Å². The zero-order valence-corrected chi connectivity index (χ0v) is 15.6. The highest BCUT2D eigenvalue weighted by atomic mass is 16.4. The molecule has 2 fully saturated rings. The van der Waals surface area contributed by atoms with Crippen molar-refractivity contribution in [2.24, 2.45) is 17.3 Å². The monoisotopic (exact) mass is 338 g/mol. The Morgan fingerprint density at radius 2 is 1.79 bits per heavy atom. The zero-order chi connectivity index (χ0) is 17.7. The molecule has 2 aliphatic rings. The number of hydrogen-bond donors (Lipinski definition) is 1. The van der Waals surface area contributed by atoms with E-state index in [0.29, 0.717) is 13.1 Å². The molecule has 2 rings (SSSR count). The molecule has 0 aromatic heterocycles. The van der Waals surface area contributed by atoms with Crippen LogP contribution in [0.1, 0.15) is 59.3 Å². The fraction of sp³-hybridized carbons (Fsp3) is 0.895. The summed E-state index contributed by atoms with van der Waals surface area (Å²) in [7, 11) is 0. The second kappa shape index (κ2) is 8.32. The number of hydrogen-bond acceptors (Lipinski definition) is 3. The summed E-state index contributed by atoms with van der Waals surface area (Å²) >= 11 is 0. The van der Waals surface area contributed by atoms with E-state index < -0.39 is 5.97 Å². The molecule has 2 saturated heterocycles. The third kappa shape index (κ3) is 5.47. The van der Waals surface area contributed by atoms with E-state index in [0.717, 1.165) is 19.4 Å². The maximum atomic E-state index is 12.6. The molecule has 0 radical (unpaired) electrons. The Morgan fingerprint density at radius 3 is 2.38 bits per heavy atom. The molecule has 0 unspecified atom stereocenters. The molecule has 0 aromatic carbocycles. The first kappa shape index (κ1) is 19.2. The summed E-state index contributed by atoms with van der Waals surface area (Å²) < 4.78 is 0. The third-order valence-electron chi connectivity index (χ3n) is 5.68. The molecule has 0 bridgehead atoms. The van der Waals surface area contributed by atoms with Crippen LogP contribution >= 0.6 is 0 Å². The summed E-state index contributed by atoms with van der Waals surface area (Å²) in [6, 6.07) is 0. The van der Waals surface area contributed by atoms with Crippen LogP contribution in [0.3, 0.4) is 0 Å². The number of carbonyl (C=O) groups is 2. The quantitative estimate of drug-likeness (QED) is 0.773. The van der Waals surface area contributed by atoms with Gasteiger partial charge >= 0.3 is 0 Å². The third-order valence-corrected chi connectivity index (χ3v) is 5.68. The molecule has 138 valence electrons. The van der Waals surface area contributed by atoms with Crippen molar-refractivity contribution in [1.82, 2.24) is 4.90 Å². The Morgan fingerprint density at radius 1 is 1.12 bits per heavy atom. The molecule has 2 heterocycles. The van der Waals surface area contributed by atoms with Gasteiger partial charge in [-0.25, -0.2) is 0 Å². The van der Waals surface area contributed by atoms with Gasteiger partial charge in [-0.05, 0) is 43.9 Å². The van der Waals surface area contributed by atoms with Crippen molar-refractivity contribution in [2.45, 2.75) is 59.3 Å². The molecule has 2 aliphatic heterocycles. The lowest BCUT2D eigenvalue weighted by atomic mass is 9.80. The van der Waals surface area contributed by atoms with Gasteiger partial charge in [-0.2, -0.15) is 0 Å². The van der Waals surface area contributed by atoms with Crippen LogP contribution in [0, 0.1) is 17.3 Å². The van der Waals surface area contributed by atoms with Gasteiger partial charge in [0, 0.05) is 30.9 Å². The van der Waals surface area contributed by atoms with E-state index in [4.69, 9.17) is 0 Å². The van der Waals surface area contributed by atoms with Crippen LogP contribution in [0.15, 0.2) is 0 Å². The average Bonchev–Trinajstić information content (AvgIpc) is 2.53. The lowest BCUT2D eigenvalue weighted by molar-refractivity contribution is -0.905. The first-order valence-electron chi connectivity index (χ1n) is 9.60. The van der Waals surface area contributed by atoms with Crippen LogP contribution < -0.4 is 10.0 Å². The Bertz CT molecular complexity index is 438. The number of likely N-dealkylation sites (tertiary alicyclic amines) is 2. The Kier molecular flexibility index (Phi) is 6.67. The first-order chi connectivity index (χ1) is 11.3. The van der Waals surface area contributed by atoms with Crippen LogP contribution in [-0.2, 0) is 9.59 Å². The second-order valence-corrected chi connectivity index (χ2v) is 8.74. The average molecular weight is 338 g/mol. The molecule has 0 aliphatic carbocycles. The van der Waals surface area contributed by atoms with Gasteiger partial charge in [0.1, 0.15) is 0 Å². The predicted molar refractivity (Wildman–Crippen MR) is 91.3 cm³/mol. The number of quaternary nitrogens is 1. The minimum absolute atomic E-state index is 0.136. The van der Waals surface area contributed by atoms with Crippen LogP contribution in [-0.4, -0.2) is 49.5 Å². The molecule has 2 atom stereocenters. The molecule has 0 saturated carbocycles. The fourth-order valence-corrected chi connectivity index (χ4v) is 4.24. The maximum absolute atomic E-state index is 12.6. The highest BCUT2D eigenvalue weighted by Crippen LogP contribution is 2.31. The van der Waals surface area contributed by atoms with E-state index in [-0.39, 0.29) is 29.6 Å². The highest BCUT2D eigenvalue weighted by molar-refractivity contribution is 5.81. The van der Waals surface area contributed by atoms with Crippen molar-refractivity contribution < 1.29 is 19.6 Å². The smallest absolute Gasteiger partial charge is 0.227 e. The number of nitrogens with one attached hydrogen (secondary N) is 1. The second-order valence-electron chi connectivity index (χ2n) is 8.74. The summed E-state index contributed by atoms with van der Waals surface area (Å²) in [6.07, 6.45) is 5.89. The summed E-state index contributed by atoms with van der Waals surface area (Å²) in [4.78, 5) is 27.3. The van der Waals surface area contributed by atoms with Crippen LogP contribution in [0.25, 0.3) is 0 Å². The minimum atomic E-state index is -0.953. The van der Waals surface area contributed by atoms with Crippen molar-refractivity contribution >= 4 is 11.9 Å². The lowest BCUT2D eigenvalue weighted by Crippen LogP contribution is -3.12. The number of piperidine rings is 2. The van der Waals surface area contributed by atoms with Gasteiger partial charge in [0.05, 0.1) is 19.6 Å². The van der Waals surface area contributed by atoms with E-state index in [2.05, 4.69) is 0 Å². The number of carbonyl (C=O) groups excluding carboxylic acids is 2.